The van der Waals surface area contributed by atoms with Crippen LogP contribution < -0.4 is 4.74 Å². The molecule has 120 valence electrons. The van der Waals surface area contributed by atoms with Gasteiger partial charge in [0.15, 0.2) is 0 Å². The fourth-order valence-corrected chi connectivity index (χ4v) is 1.98. The molecule has 1 aliphatic heterocycles. The van der Waals surface area contributed by atoms with Crippen LogP contribution in [-0.4, -0.2) is 51.8 Å². The summed E-state index contributed by atoms with van der Waals surface area (Å²) in [7, 11) is 0. The van der Waals surface area contributed by atoms with Crippen LogP contribution in [-0.2, 0) is 4.74 Å². The second-order valence-electron chi connectivity index (χ2n) is 6.12. The van der Waals surface area contributed by atoms with E-state index in [0.29, 0.717) is 6.54 Å². The van der Waals surface area contributed by atoms with Crippen molar-refractivity contribution >= 4 is 12.1 Å². The Morgan fingerprint density at radius 3 is 2.73 bits per heavy atom. The quantitative estimate of drug-likeness (QED) is 0.917. The highest BCUT2D eigenvalue weighted by Gasteiger charge is 2.35. The summed E-state index contributed by atoms with van der Waals surface area (Å²) < 4.78 is 10.8. The van der Waals surface area contributed by atoms with E-state index in [9.17, 15) is 9.59 Å². The molecule has 0 bridgehead atoms. The van der Waals surface area contributed by atoms with Crippen LogP contribution in [0, 0.1) is 0 Å². The van der Waals surface area contributed by atoms with E-state index in [0.717, 1.165) is 6.42 Å². The molecule has 1 N–H and O–H groups in total. The number of pyridine rings is 1. The molecule has 1 atom stereocenters. The molecule has 1 amide bonds. The number of aromatic carboxylic acids is 1. The fourth-order valence-electron chi connectivity index (χ4n) is 1.98. The molecule has 2 rings (SSSR count). The maximum atomic E-state index is 12.0. The zero-order chi connectivity index (χ0) is 16.3. The van der Waals surface area contributed by atoms with Crippen LogP contribution in [0.4, 0.5) is 4.79 Å². The first kappa shape index (κ1) is 16.1. The predicted octanol–water partition coefficient (Wildman–Crippen LogP) is 2.17. The number of likely N-dealkylation sites (tertiary alicyclic amines) is 1. The van der Waals surface area contributed by atoms with Crippen molar-refractivity contribution in [2.45, 2.75) is 38.8 Å². The van der Waals surface area contributed by atoms with Gasteiger partial charge in [-0.15, -0.1) is 0 Å². The van der Waals surface area contributed by atoms with E-state index in [2.05, 4.69) is 4.98 Å². The van der Waals surface area contributed by atoms with Crippen LogP contribution in [0.3, 0.4) is 0 Å². The average Bonchev–Trinajstić information content (AvgIpc) is 2.35. The van der Waals surface area contributed by atoms with Crippen molar-refractivity contribution in [1.82, 2.24) is 9.88 Å². The number of carbonyl (C=O) groups is 2. The first-order valence-corrected chi connectivity index (χ1v) is 7.08. The first-order valence-electron chi connectivity index (χ1n) is 7.08. The molecule has 0 aliphatic carbocycles. The van der Waals surface area contributed by atoms with E-state index in [1.54, 1.807) is 4.90 Å². The second-order valence-corrected chi connectivity index (χ2v) is 6.12. The van der Waals surface area contributed by atoms with Crippen molar-refractivity contribution in [2.24, 2.45) is 0 Å². The van der Waals surface area contributed by atoms with Gasteiger partial charge in [-0.2, -0.15) is 0 Å². The van der Waals surface area contributed by atoms with Crippen molar-refractivity contribution in [1.29, 1.82) is 0 Å². The minimum absolute atomic E-state index is 0.0786. The van der Waals surface area contributed by atoms with Crippen LogP contribution in [0.25, 0.3) is 0 Å². The number of aromatic nitrogens is 1. The SMILES string of the molecule is CC(C)(C)OC(=O)N1CC[C@H]1COc1cc(C(=O)O)ccn1. The smallest absolute Gasteiger partial charge is 0.410 e. The number of amides is 1. The standard InChI is InChI=1S/C15H20N2O5/c1-15(2,3)22-14(20)17-7-5-11(17)9-21-12-8-10(13(18)19)4-6-16-12/h4,6,8,11H,5,7,9H2,1-3H3,(H,18,19)/t11-/m0/s1. The van der Waals surface area contributed by atoms with Crippen molar-refractivity contribution in [3.05, 3.63) is 23.9 Å². The third-order valence-electron chi connectivity index (χ3n) is 3.18. The lowest BCUT2D eigenvalue weighted by molar-refractivity contribution is -0.0144. The summed E-state index contributed by atoms with van der Waals surface area (Å²) in [6.07, 6.45) is 1.84. The van der Waals surface area contributed by atoms with Gasteiger partial charge in [-0.3, -0.25) is 0 Å². The molecule has 1 aliphatic rings. The Hall–Kier alpha value is -2.31. The van der Waals surface area contributed by atoms with Crippen LogP contribution in [0.2, 0.25) is 0 Å². The van der Waals surface area contributed by atoms with Gasteiger partial charge in [0.1, 0.15) is 12.2 Å². The molecule has 0 saturated carbocycles. The molecule has 1 aromatic heterocycles. The highest BCUT2D eigenvalue weighted by atomic mass is 16.6. The highest BCUT2D eigenvalue weighted by Crippen LogP contribution is 2.22. The van der Waals surface area contributed by atoms with Crippen LogP contribution in [0.1, 0.15) is 37.6 Å². The number of hydrogen-bond acceptors (Lipinski definition) is 5. The van der Waals surface area contributed by atoms with Gasteiger partial charge in [-0.05, 0) is 33.3 Å². The van der Waals surface area contributed by atoms with Gasteiger partial charge >= 0.3 is 12.1 Å². The largest absolute Gasteiger partial charge is 0.478 e. The number of nitrogens with zero attached hydrogens (tertiary/aromatic N) is 2. The molecule has 0 spiro atoms. The van der Waals surface area contributed by atoms with Gasteiger partial charge in [-0.25, -0.2) is 14.6 Å². The Morgan fingerprint density at radius 1 is 1.45 bits per heavy atom. The molecule has 0 aromatic carbocycles. The molecule has 0 unspecified atom stereocenters. The molecule has 22 heavy (non-hydrogen) atoms. The van der Waals surface area contributed by atoms with E-state index in [-0.39, 0.29) is 30.2 Å². The number of carboxylic acids is 1. The maximum Gasteiger partial charge on any atom is 0.410 e. The molecule has 1 aromatic rings. The molecule has 0 radical (unpaired) electrons. The zero-order valence-corrected chi connectivity index (χ0v) is 12.9. The van der Waals surface area contributed by atoms with E-state index < -0.39 is 11.6 Å². The van der Waals surface area contributed by atoms with E-state index in [1.165, 1.54) is 18.3 Å². The van der Waals surface area contributed by atoms with Crippen molar-refractivity contribution in [2.75, 3.05) is 13.2 Å². The van der Waals surface area contributed by atoms with Gasteiger partial charge < -0.3 is 19.5 Å². The summed E-state index contributed by atoms with van der Waals surface area (Å²) in [5, 5.41) is 8.91. The summed E-state index contributed by atoms with van der Waals surface area (Å²) in [4.78, 5) is 28.4. The summed E-state index contributed by atoms with van der Waals surface area (Å²) in [6.45, 7) is 6.34. The third kappa shape index (κ3) is 4.09. The van der Waals surface area contributed by atoms with E-state index >= 15 is 0 Å². The molecular formula is C15H20N2O5. The Labute approximate surface area is 128 Å². The van der Waals surface area contributed by atoms with Gasteiger partial charge in [0.05, 0.1) is 11.6 Å². The Morgan fingerprint density at radius 2 is 2.18 bits per heavy atom. The molecule has 1 fully saturated rings. The van der Waals surface area contributed by atoms with Gasteiger partial charge in [-0.1, -0.05) is 0 Å². The van der Waals surface area contributed by atoms with Crippen LogP contribution in [0.5, 0.6) is 5.88 Å². The summed E-state index contributed by atoms with van der Waals surface area (Å²) in [5.41, 5.74) is -0.419. The number of rotatable bonds is 4. The van der Waals surface area contributed by atoms with Crippen molar-refractivity contribution in [3.8, 4) is 5.88 Å². The number of ether oxygens (including phenoxy) is 2. The van der Waals surface area contributed by atoms with E-state index in [4.69, 9.17) is 14.6 Å². The van der Waals surface area contributed by atoms with Gasteiger partial charge in [0.2, 0.25) is 5.88 Å². The maximum absolute atomic E-state index is 12.0. The van der Waals surface area contributed by atoms with Crippen LogP contribution in [0.15, 0.2) is 18.3 Å². The number of hydrogen-bond donors (Lipinski definition) is 1. The summed E-state index contributed by atoms with van der Waals surface area (Å²) in [5.74, 6) is -0.804. The highest BCUT2D eigenvalue weighted by molar-refractivity contribution is 5.87. The van der Waals surface area contributed by atoms with Crippen molar-refractivity contribution < 1.29 is 24.2 Å². The Balaban J connectivity index is 1.88. The Kier molecular flexibility index (Phi) is 4.54. The lowest BCUT2D eigenvalue weighted by Crippen LogP contribution is -2.55. The monoisotopic (exact) mass is 308 g/mol. The Bertz CT molecular complexity index is 567. The zero-order valence-electron chi connectivity index (χ0n) is 12.9. The predicted molar refractivity (Wildman–Crippen MR) is 78.0 cm³/mol. The molecule has 1 saturated heterocycles. The van der Waals surface area contributed by atoms with Gasteiger partial charge in [0.25, 0.3) is 0 Å². The summed E-state index contributed by atoms with van der Waals surface area (Å²) >= 11 is 0. The second kappa shape index (κ2) is 6.21. The topological polar surface area (TPSA) is 89.0 Å². The fraction of sp³-hybridized carbons (Fsp3) is 0.533. The minimum Gasteiger partial charge on any atom is -0.478 e. The lowest BCUT2D eigenvalue weighted by Gasteiger charge is -2.40. The van der Waals surface area contributed by atoms with Crippen LogP contribution >= 0.6 is 0 Å². The molecule has 7 heteroatoms. The first-order chi connectivity index (χ1) is 10.3. The van der Waals surface area contributed by atoms with Crippen molar-refractivity contribution in [3.63, 3.8) is 0 Å². The molecule has 7 nitrogen and oxygen atoms in total. The number of carboxylic acid groups (broad SMARTS) is 1. The average molecular weight is 308 g/mol. The molecular weight excluding hydrogens is 288 g/mol. The number of carbonyl (C=O) groups excluding carboxylic acids is 1. The molecule has 2 heterocycles. The lowest BCUT2D eigenvalue weighted by atomic mass is 10.1. The summed E-state index contributed by atoms with van der Waals surface area (Å²) in [6, 6.07) is 2.68. The minimum atomic E-state index is -1.04. The van der Waals surface area contributed by atoms with E-state index in [1.807, 2.05) is 20.8 Å². The van der Waals surface area contributed by atoms with Gasteiger partial charge in [0, 0.05) is 18.8 Å². The third-order valence-corrected chi connectivity index (χ3v) is 3.18. The normalized spacial score (nSPS) is 17.6.